The first-order valence-corrected chi connectivity index (χ1v) is 14.8. The topological polar surface area (TPSA) is 142 Å². The normalized spacial score (nSPS) is 10.7. The van der Waals surface area contributed by atoms with Gasteiger partial charge in [-0.2, -0.15) is 0 Å². The Labute approximate surface area is 243 Å². The lowest BCUT2D eigenvalue weighted by Crippen LogP contribution is -2.29. The van der Waals surface area contributed by atoms with Crippen molar-refractivity contribution < 1.29 is 23.8 Å². The number of benzene rings is 2. The van der Waals surface area contributed by atoms with E-state index in [9.17, 15) is 9.59 Å². The first-order chi connectivity index (χ1) is 19.5. The van der Waals surface area contributed by atoms with Crippen molar-refractivity contribution >= 4 is 51.8 Å². The minimum absolute atomic E-state index is 0.0392. The van der Waals surface area contributed by atoms with Gasteiger partial charge in [0.25, 0.3) is 5.91 Å². The van der Waals surface area contributed by atoms with E-state index in [1.54, 1.807) is 60.9 Å². The lowest BCUT2D eigenvalue weighted by atomic mass is 10.2. The Kier molecular flexibility index (Phi) is 10.6. The summed E-state index contributed by atoms with van der Waals surface area (Å²) in [6.45, 7) is 1.92. The summed E-state index contributed by atoms with van der Waals surface area (Å²) in [6, 6.07) is 14.4. The van der Waals surface area contributed by atoms with E-state index in [-0.39, 0.29) is 30.7 Å². The molecule has 2 N–H and O–H groups in total. The number of amides is 2. The molecule has 15 heteroatoms. The fourth-order valence-electron chi connectivity index (χ4n) is 3.34. The Bertz CT molecular complexity index is 1430. The van der Waals surface area contributed by atoms with Crippen LogP contribution in [0.2, 0.25) is 0 Å². The van der Waals surface area contributed by atoms with Crippen LogP contribution in [-0.4, -0.2) is 69.1 Å². The van der Waals surface area contributed by atoms with E-state index in [1.165, 1.54) is 23.1 Å². The van der Waals surface area contributed by atoms with Crippen molar-refractivity contribution in [1.29, 1.82) is 0 Å². The molecule has 0 saturated heterocycles. The van der Waals surface area contributed by atoms with E-state index in [4.69, 9.17) is 14.2 Å². The highest BCUT2D eigenvalue weighted by molar-refractivity contribution is 8.01. The summed E-state index contributed by atoms with van der Waals surface area (Å²) in [6.07, 6.45) is 0. The van der Waals surface area contributed by atoms with Gasteiger partial charge in [0.05, 0.1) is 32.2 Å². The van der Waals surface area contributed by atoms with E-state index in [2.05, 4.69) is 31.0 Å². The maximum atomic E-state index is 12.7. The summed E-state index contributed by atoms with van der Waals surface area (Å²) in [5, 5.41) is 23.1. The van der Waals surface area contributed by atoms with E-state index in [0.29, 0.717) is 39.0 Å². The molecule has 12 nitrogen and oxygen atoms in total. The lowest BCUT2D eigenvalue weighted by Gasteiger charge is -2.15. The maximum absolute atomic E-state index is 12.7. The molecule has 0 spiro atoms. The van der Waals surface area contributed by atoms with Crippen molar-refractivity contribution in [3.05, 3.63) is 54.4 Å². The van der Waals surface area contributed by atoms with Gasteiger partial charge in [0.2, 0.25) is 11.0 Å². The van der Waals surface area contributed by atoms with Crippen LogP contribution in [0.15, 0.2) is 58.0 Å². The predicted octanol–water partition coefficient (Wildman–Crippen LogP) is 3.67. The second-order valence-corrected chi connectivity index (χ2v) is 11.2. The summed E-state index contributed by atoms with van der Waals surface area (Å²) < 4.78 is 19.0. The standard InChI is InChI=1S/C25H27N7O5S3/c1-4-38-25-31-29-23(40-25)27-22(34)15-39-24-30-28-20(13-26-21(33)14-37-16-8-6-5-7-9-16)32(24)18-12-17(35-2)10-11-19(18)36-3/h5-12H,4,13-15H2,1-3H3,(H,26,33)(H,27,29,34). The fraction of sp³-hybridized carbons (Fsp3) is 0.280. The predicted molar refractivity (Wildman–Crippen MR) is 154 cm³/mol. The number of carbonyl (C=O) groups excluding carboxylic acids is 2. The van der Waals surface area contributed by atoms with E-state index in [0.717, 1.165) is 10.1 Å². The molecule has 0 bridgehead atoms. The van der Waals surface area contributed by atoms with Crippen LogP contribution < -0.4 is 24.8 Å². The zero-order chi connectivity index (χ0) is 28.3. The Morgan fingerprint density at radius 2 is 1.77 bits per heavy atom. The largest absolute Gasteiger partial charge is 0.497 e. The van der Waals surface area contributed by atoms with Crippen LogP contribution in [0.4, 0.5) is 5.13 Å². The molecule has 2 aromatic heterocycles. The highest BCUT2D eigenvalue weighted by Gasteiger charge is 2.20. The first-order valence-electron chi connectivity index (χ1n) is 12.0. The fourth-order valence-corrected chi connectivity index (χ4v) is 5.77. The van der Waals surface area contributed by atoms with Gasteiger partial charge in [0.1, 0.15) is 17.2 Å². The van der Waals surface area contributed by atoms with E-state index < -0.39 is 0 Å². The smallest absolute Gasteiger partial charge is 0.258 e. The second-order valence-electron chi connectivity index (χ2n) is 7.79. The minimum atomic E-state index is -0.331. The molecule has 210 valence electrons. The zero-order valence-electron chi connectivity index (χ0n) is 21.9. The Balaban J connectivity index is 1.49. The molecule has 0 atom stereocenters. The SMILES string of the molecule is CCSc1nnc(NC(=O)CSc2nnc(CNC(=O)COc3ccccc3)n2-c2cc(OC)ccc2OC)s1. The van der Waals surface area contributed by atoms with Crippen molar-refractivity contribution in [2.45, 2.75) is 23.0 Å². The number of rotatable bonds is 14. The number of aromatic nitrogens is 5. The van der Waals surface area contributed by atoms with Crippen LogP contribution in [0.25, 0.3) is 5.69 Å². The third-order valence-electron chi connectivity index (χ3n) is 5.14. The monoisotopic (exact) mass is 601 g/mol. The molecule has 2 heterocycles. The van der Waals surface area contributed by atoms with Gasteiger partial charge in [-0.05, 0) is 30.0 Å². The average molecular weight is 602 g/mol. The number of para-hydroxylation sites is 1. The van der Waals surface area contributed by atoms with Crippen molar-refractivity contribution in [1.82, 2.24) is 30.3 Å². The van der Waals surface area contributed by atoms with Gasteiger partial charge in [-0.15, -0.1) is 20.4 Å². The molecular weight excluding hydrogens is 575 g/mol. The number of methoxy groups -OCH3 is 2. The quantitative estimate of drug-likeness (QED) is 0.161. The molecule has 0 aliphatic heterocycles. The van der Waals surface area contributed by atoms with Gasteiger partial charge in [-0.1, -0.05) is 60.0 Å². The summed E-state index contributed by atoms with van der Waals surface area (Å²) in [5.74, 6) is 2.43. The lowest BCUT2D eigenvalue weighted by molar-refractivity contribution is -0.123. The number of anilines is 1. The maximum Gasteiger partial charge on any atom is 0.258 e. The Hall–Kier alpha value is -3.82. The molecule has 40 heavy (non-hydrogen) atoms. The summed E-state index contributed by atoms with van der Waals surface area (Å²) in [5.41, 5.74) is 0.588. The van der Waals surface area contributed by atoms with Crippen molar-refractivity contribution in [3.63, 3.8) is 0 Å². The number of hydrogen-bond acceptors (Lipinski definition) is 12. The van der Waals surface area contributed by atoms with Crippen LogP contribution in [0.3, 0.4) is 0 Å². The molecule has 0 aliphatic rings. The molecule has 0 saturated carbocycles. The number of thioether (sulfide) groups is 2. The number of carbonyl (C=O) groups is 2. The average Bonchev–Trinajstić information content (AvgIpc) is 3.60. The van der Waals surface area contributed by atoms with Gasteiger partial charge in [0, 0.05) is 6.07 Å². The Morgan fingerprint density at radius 1 is 0.950 bits per heavy atom. The Morgan fingerprint density at radius 3 is 2.52 bits per heavy atom. The number of ether oxygens (including phenoxy) is 3. The molecule has 2 aromatic carbocycles. The van der Waals surface area contributed by atoms with Gasteiger partial charge in [0.15, 0.2) is 21.9 Å². The van der Waals surface area contributed by atoms with E-state index >= 15 is 0 Å². The van der Waals surface area contributed by atoms with Gasteiger partial charge < -0.3 is 19.5 Å². The highest BCUT2D eigenvalue weighted by atomic mass is 32.2. The molecule has 0 unspecified atom stereocenters. The van der Waals surface area contributed by atoms with Crippen molar-refractivity contribution in [3.8, 4) is 22.9 Å². The van der Waals surface area contributed by atoms with Crippen LogP contribution in [0, 0.1) is 0 Å². The molecule has 0 aliphatic carbocycles. The third kappa shape index (κ3) is 7.86. The van der Waals surface area contributed by atoms with Crippen molar-refractivity contribution in [2.75, 3.05) is 37.6 Å². The summed E-state index contributed by atoms with van der Waals surface area (Å²) in [7, 11) is 3.11. The number of hydrogen-bond donors (Lipinski definition) is 2. The van der Waals surface area contributed by atoms with Gasteiger partial charge in [-0.25, -0.2) is 0 Å². The third-order valence-corrected chi connectivity index (χ3v) is 7.92. The number of nitrogens with one attached hydrogen (secondary N) is 2. The molecule has 2 amide bonds. The van der Waals surface area contributed by atoms with Crippen LogP contribution in [0.1, 0.15) is 12.7 Å². The minimum Gasteiger partial charge on any atom is -0.497 e. The highest BCUT2D eigenvalue weighted by Crippen LogP contribution is 2.32. The van der Waals surface area contributed by atoms with Crippen molar-refractivity contribution in [2.24, 2.45) is 0 Å². The van der Waals surface area contributed by atoms with Gasteiger partial charge >= 0.3 is 0 Å². The van der Waals surface area contributed by atoms with Crippen LogP contribution >= 0.6 is 34.9 Å². The van der Waals surface area contributed by atoms with E-state index in [1.807, 2.05) is 25.1 Å². The molecule has 4 aromatic rings. The zero-order valence-corrected chi connectivity index (χ0v) is 24.4. The molecule has 0 fully saturated rings. The molecular formula is C25H27N7O5S3. The summed E-state index contributed by atoms with van der Waals surface area (Å²) in [4.78, 5) is 25.2. The first kappa shape index (κ1) is 29.2. The van der Waals surface area contributed by atoms with Gasteiger partial charge in [-0.3, -0.25) is 19.5 Å². The molecule has 0 radical (unpaired) electrons. The van der Waals surface area contributed by atoms with Crippen LogP contribution in [0.5, 0.6) is 17.2 Å². The molecule has 4 rings (SSSR count). The summed E-state index contributed by atoms with van der Waals surface area (Å²) >= 11 is 4.05. The second kappa shape index (κ2) is 14.5. The number of nitrogens with zero attached hydrogens (tertiary/aromatic N) is 5. The van der Waals surface area contributed by atoms with Crippen LogP contribution in [-0.2, 0) is 16.1 Å².